The van der Waals surface area contributed by atoms with E-state index in [2.05, 4.69) is 46.5 Å². The fourth-order valence-corrected chi connectivity index (χ4v) is 7.04. The van der Waals surface area contributed by atoms with Gasteiger partial charge in [0.15, 0.2) is 0 Å². The van der Waals surface area contributed by atoms with Crippen LogP contribution in [0.25, 0.3) is 0 Å². The number of hydrogen-bond acceptors (Lipinski definition) is 6. The van der Waals surface area contributed by atoms with Crippen molar-refractivity contribution < 1.29 is 19.1 Å². The van der Waals surface area contributed by atoms with Gasteiger partial charge in [0.25, 0.3) is 0 Å². The molecule has 2 aliphatic carbocycles. The molecule has 0 saturated heterocycles. The van der Waals surface area contributed by atoms with Crippen LogP contribution < -0.4 is 5.73 Å². The van der Waals surface area contributed by atoms with Gasteiger partial charge in [-0.25, -0.2) is 0 Å². The lowest BCUT2D eigenvalue weighted by atomic mass is 9.75. The molecule has 2 fully saturated rings. The Hall–Kier alpha value is -2.89. The quantitative estimate of drug-likeness (QED) is 0.188. The third-order valence-electron chi connectivity index (χ3n) is 9.85. The Kier molecular flexibility index (Phi) is 15.4. The van der Waals surface area contributed by atoms with Crippen molar-refractivity contribution in [3.05, 3.63) is 59.9 Å². The van der Waals surface area contributed by atoms with E-state index < -0.39 is 0 Å². The number of carbonyl (C=O) groups is 2. The van der Waals surface area contributed by atoms with Crippen molar-refractivity contribution in [1.82, 2.24) is 4.98 Å². The second kappa shape index (κ2) is 18.9. The van der Waals surface area contributed by atoms with Crippen molar-refractivity contribution in [1.29, 1.82) is 0 Å². The average Bonchev–Trinajstić information content (AvgIpc) is 2.99. The molecule has 6 atom stereocenters. The van der Waals surface area contributed by atoms with Gasteiger partial charge < -0.3 is 15.2 Å². The predicted octanol–water partition coefficient (Wildman–Crippen LogP) is 9.00. The molecule has 2 aromatic rings. The SMILES string of the molecule is CC1CCC(C(C)C)C(OC(=O)CCCc2ccc(N)cc2)C1.CC1CCC(C(C)C)C(OC(=O)CCCc2ccccn2)C1. The molecule has 1 heterocycles. The molecule has 1 aromatic heterocycles. The lowest BCUT2D eigenvalue weighted by molar-refractivity contribution is -0.157. The molecule has 2 aliphatic rings. The zero-order valence-corrected chi connectivity index (χ0v) is 28.9. The van der Waals surface area contributed by atoms with E-state index in [1.54, 1.807) is 6.20 Å². The summed E-state index contributed by atoms with van der Waals surface area (Å²) in [6.45, 7) is 13.5. The zero-order chi connectivity index (χ0) is 32.8. The van der Waals surface area contributed by atoms with Gasteiger partial charge in [-0.2, -0.15) is 0 Å². The molecule has 4 rings (SSSR count). The summed E-state index contributed by atoms with van der Waals surface area (Å²) in [6.07, 6.45) is 13.3. The van der Waals surface area contributed by atoms with Gasteiger partial charge in [-0.3, -0.25) is 14.6 Å². The van der Waals surface area contributed by atoms with Crippen LogP contribution in [0.15, 0.2) is 48.7 Å². The Morgan fingerprint density at radius 3 is 1.73 bits per heavy atom. The fourth-order valence-electron chi connectivity index (χ4n) is 7.04. The average molecular weight is 621 g/mol. The maximum Gasteiger partial charge on any atom is 0.306 e. The van der Waals surface area contributed by atoms with E-state index in [9.17, 15) is 9.59 Å². The summed E-state index contributed by atoms with van der Waals surface area (Å²) < 4.78 is 11.6. The molecule has 45 heavy (non-hydrogen) atoms. The molecule has 1 aromatic carbocycles. The zero-order valence-electron chi connectivity index (χ0n) is 28.9. The minimum Gasteiger partial charge on any atom is -0.462 e. The van der Waals surface area contributed by atoms with Crippen LogP contribution in [0.4, 0.5) is 5.69 Å². The number of nitrogens with two attached hydrogens (primary N) is 1. The predicted molar refractivity (Wildman–Crippen MR) is 183 cm³/mol. The highest BCUT2D eigenvalue weighted by molar-refractivity contribution is 5.70. The normalized spacial score (nSPS) is 24.9. The Labute approximate surface area is 273 Å². The topological polar surface area (TPSA) is 91.5 Å². The molecule has 6 nitrogen and oxygen atoms in total. The van der Waals surface area contributed by atoms with E-state index in [0.717, 1.165) is 49.9 Å². The Morgan fingerprint density at radius 1 is 0.756 bits per heavy atom. The molecule has 2 saturated carbocycles. The number of nitrogens with zero attached hydrogens (tertiary/aromatic N) is 1. The Balaban J connectivity index is 0.000000246. The number of carbonyl (C=O) groups excluding carboxylic acids is 2. The highest BCUT2D eigenvalue weighted by Gasteiger charge is 2.34. The van der Waals surface area contributed by atoms with Crippen molar-refractivity contribution in [2.24, 2.45) is 35.5 Å². The van der Waals surface area contributed by atoms with Crippen LogP contribution >= 0.6 is 0 Å². The highest BCUT2D eigenvalue weighted by Crippen LogP contribution is 2.36. The standard InChI is InChI=1S/C20H31NO2.C19H29NO2/c1-14(2)18-12-7-15(3)13-19(18)23-20(22)6-4-5-16-8-10-17(21)11-9-16;1-14(2)17-11-10-15(3)13-18(17)22-19(21)9-6-8-16-7-4-5-12-20-16/h8-11,14-15,18-19H,4-7,12-13,21H2,1-3H3;4-5,7,12,14-15,17-18H,6,8-11,13H2,1-3H3. The Bertz CT molecular complexity index is 1130. The van der Waals surface area contributed by atoms with Crippen molar-refractivity contribution in [2.45, 2.75) is 131 Å². The maximum atomic E-state index is 12.2. The number of nitrogen functional groups attached to an aromatic ring is 1. The van der Waals surface area contributed by atoms with E-state index in [0.29, 0.717) is 48.3 Å². The van der Waals surface area contributed by atoms with Crippen molar-refractivity contribution >= 4 is 17.6 Å². The van der Waals surface area contributed by atoms with Crippen LogP contribution in [0.1, 0.15) is 117 Å². The van der Waals surface area contributed by atoms with Gasteiger partial charge >= 0.3 is 11.9 Å². The van der Waals surface area contributed by atoms with Crippen LogP contribution in [0.3, 0.4) is 0 Å². The maximum absolute atomic E-state index is 12.2. The second-order valence-electron chi connectivity index (χ2n) is 14.5. The van der Waals surface area contributed by atoms with Gasteiger partial charge in [0.05, 0.1) is 0 Å². The summed E-state index contributed by atoms with van der Waals surface area (Å²) in [5.41, 5.74) is 8.72. The Morgan fingerprint density at radius 2 is 1.27 bits per heavy atom. The number of anilines is 1. The number of aryl methyl sites for hydroxylation is 2. The van der Waals surface area contributed by atoms with E-state index in [4.69, 9.17) is 15.2 Å². The number of aromatic nitrogens is 1. The number of pyridine rings is 1. The molecule has 0 radical (unpaired) electrons. The molecule has 0 spiro atoms. The van der Waals surface area contributed by atoms with Crippen LogP contribution in [0, 0.1) is 35.5 Å². The number of ether oxygens (including phenoxy) is 2. The molecular formula is C39H60N2O4. The molecule has 0 bridgehead atoms. The molecule has 250 valence electrons. The van der Waals surface area contributed by atoms with Crippen molar-refractivity contribution in [3.63, 3.8) is 0 Å². The lowest BCUT2D eigenvalue weighted by Crippen LogP contribution is -2.35. The molecule has 0 amide bonds. The molecular weight excluding hydrogens is 560 g/mol. The van der Waals surface area contributed by atoms with Gasteiger partial charge in [-0.1, -0.05) is 72.6 Å². The molecule has 6 unspecified atom stereocenters. The summed E-state index contributed by atoms with van der Waals surface area (Å²) in [4.78, 5) is 28.6. The first-order valence-electron chi connectivity index (χ1n) is 17.6. The largest absolute Gasteiger partial charge is 0.462 e. The van der Waals surface area contributed by atoms with Crippen LogP contribution in [0.5, 0.6) is 0 Å². The minimum absolute atomic E-state index is 0.0369. The fraction of sp³-hybridized carbons (Fsp3) is 0.667. The number of rotatable bonds is 12. The third kappa shape index (κ3) is 13.2. The van der Waals surface area contributed by atoms with E-state index in [-0.39, 0.29) is 24.1 Å². The summed E-state index contributed by atoms with van der Waals surface area (Å²) in [7, 11) is 0. The van der Waals surface area contributed by atoms with Gasteiger partial charge in [0.1, 0.15) is 12.2 Å². The first kappa shape index (κ1) is 36.6. The molecule has 2 N–H and O–H groups in total. The van der Waals surface area contributed by atoms with E-state index >= 15 is 0 Å². The highest BCUT2D eigenvalue weighted by atomic mass is 16.5. The minimum atomic E-state index is -0.0410. The summed E-state index contributed by atoms with van der Waals surface area (Å²) in [6, 6.07) is 13.8. The molecule has 6 heteroatoms. The summed E-state index contributed by atoms with van der Waals surface area (Å²) in [5.74, 6) is 3.46. The van der Waals surface area contributed by atoms with Crippen molar-refractivity contribution in [2.75, 3.05) is 5.73 Å². The van der Waals surface area contributed by atoms with Crippen molar-refractivity contribution in [3.8, 4) is 0 Å². The summed E-state index contributed by atoms with van der Waals surface area (Å²) in [5, 5.41) is 0. The first-order valence-corrected chi connectivity index (χ1v) is 17.6. The number of benzene rings is 1. The molecule has 0 aliphatic heterocycles. The number of hydrogen-bond donors (Lipinski definition) is 1. The first-order chi connectivity index (χ1) is 21.5. The van der Waals surface area contributed by atoms with Gasteiger partial charge in [0, 0.05) is 30.4 Å². The lowest BCUT2D eigenvalue weighted by Gasteiger charge is -2.36. The van der Waals surface area contributed by atoms with Gasteiger partial charge in [-0.15, -0.1) is 0 Å². The summed E-state index contributed by atoms with van der Waals surface area (Å²) >= 11 is 0. The monoisotopic (exact) mass is 620 g/mol. The van der Waals surface area contributed by atoms with E-state index in [1.807, 2.05) is 42.5 Å². The van der Waals surface area contributed by atoms with E-state index in [1.165, 1.54) is 31.2 Å². The third-order valence-corrected chi connectivity index (χ3v) is 9.85. The van der Waals surface area contributed by atoms with Crippen LogP contribution in [-0.4, -0.2) is 29.1 Å². The number of esters is 2. The second-order valence-corrected chi connectivity index (χ2v) is 14.5. The smallest absolute Gasteiger partial charge is 0.306 e. The van der Waals surface area contributed by atoms with Crippen LogP contribution in [0.2, 0.25) is 0 Å². The van der Waals surface area contributed by atoms with Crippen LogP contribution in [-0.2, 0) is 31.9 Å². The van der Waals surface area contributed by atoms with Gasteiger partial charge in [0.2, 0.25) is 0 Å². The van der Waals surface area contributed by atoms with Gasteiger partial charge in [-0.05, 0) is 117 Å².